The normalized spacial score (nSPS) is 20.2. The van der Waals surface area contributed by atoms with Crippen LogP contribution in [-0.4, -0.2) is 356 Å². The van der Waals surface area contributed by atoms with Gasteiger partial charge in [0.25, 0.3) is 0 Å². The van der Waals surface area contributed by atoms with E-state index in [1.54, 1.807) is 0 Å². The number of aliphatic hydroxyl groups excluding tert-OH is 24. The topological polar surface area (TPSA) is 700 Å². The average Bonchev–Trinajstić information content (AvgIpc) is 0.661. The Kier molecular flexibility index (Phi) is 34.3. The number of rotatable bonds is 50. The largest absolute Gasteiger partial charge is 0.393 e. The summed E-state index contributed by atoms with van der Waals surface area (Å²) < 4.78 is 5.92. The molecule has 24 N–H and O–H groups in total. The minimum Gasteiger partial charge on any atom is -0.393 e. The summed E-state index contributed by atoms with van der Waals surface area (Å²) in [6, 6.07) is 0. The lowest BCUT2D eigenvalue weighted by Gasteiger charge is -2.62. The molecule has 0 aromatic rings. The van der Waals surface area contributed by atoms with Crippen LogP contribution >= 0.6 is 0 Å². The first kappa shape index (κ1) is 84.0. The van der Waals surface area contributed by atoms with Gasteiger partial charge in [-0.25, -0.2) is 0 Å². The van der Waals surface area contributed by atoms with Crippen molar-refractivity contribution in [2.24, 2.45) is 21.7 Å². The van der Waals surface area contributed by atoms with Crippen LogP contribution in [0.5, 0.6) is 0 Å². The number of carbonyl (C=O) groups is 12. The zero-order chi connectivity index (χ0) is 69.7. The van der Waals surface area contributed by atoms with Crippen molar-refractivity contribution >= 4 is 69.4 Å². The lowest BCUT2D eigenvalue weighted by Crippen LogP contribution is -2.88. The van der Waals surface area contributed by atoms with Gasteiger partial charge in [-0.05, 0) is 12.8 Å². The van der Waals surface area contributed by atoms with E-state index in [-0.39, 0.29) is 12.8 Å². The molecule has 0 aliphatic carbocycles. The van der Waals surface area contributed by atoms with E-state index in [2.05, 4.69) is 0 Å². The molecule has 0 fully saturated rings. The smallest absolute Gasteiger partial charge is 0.212 e. The van der Waals surface area contributed by atoms with Crippen LogP contribution in [-0.2, 0) is 62.3 Å². The molecule has 0 aliphatic heterocycles. The number of ether oxygens (including phenoxy) is 1. The standard InChI is InChI=1S/C52H82O37/c1-3-5-7-9-47(35(77)23(65)11-53,36(78)24(66)12-54)49(39(81)27(69)15-57,40(82)28(70)16-58)51(43(85)31(73)19-61,44(86)32(74)20-62)89-52(45(87)33(75)21-63,46(88)34(76)22-64)50(41(83)29(71)17-59,42(84)30(72)18-60)48(10-8-6-4-2,37(79)25(67)13-55)38(80)26(68)14-56/h23-34,53-76H,3-22H2,1-2H3. The van der Waals surface area contributed by atoms with E-state index < -0.39 is 293 Å². The molecule has 0 bridgehead atoms. The van der Waals surface area contributed by atoms with Gasteiger partial charge in [-0.1, -0.05) is 52.4 Å². The Morgan fingerprint density at radius 3 is 0.539 bits per heavy atom. The molecule has 0 saturated carbocycles. The van der Waals surface area contributed by atoms with Gasteiger partial charge in [0, 0.05) is 0 Å². The third-order valence-corrected chi connectivity index (χ3v) is 15.2. The fraction of sp³-hybridized carbons (Fsp3) is 0.769. The predicted molar refractivity (Wildman–Crippen MR) is 282 cm³/mol. The molecule has 37 heteroatoms. The molecule has 37 nitrogen and oxygen atoms in total. The number of carbonyl (C=O) groups excluding carboxylic acids is 12. The fourth-order valence-electron chi connectivity index (χ4n) is 11.1. The van der Waals surface area contributed by atoms with Crippen LogP contribution in [0.1, 0.15) is 65.2 Å². The number of ketones is 12. The van der Waals surface area contributed by atoms with Gasteiger partial charge >= 0.3 is 0 Å². The maximum absolute atomic E-state index is 16.5. The molecule has 89 heavy (non-hydrogen) atoms. The molecule has 0 amide bonds. The maximum Gasteiger partial charge on any atom is 0.212 e. The third kappa shape index (κ3) is 14.6. The zero-order valence-corrected chi connectivity index (χ0v) is 48.1. The summed E-state index contributed by atoms with van der Waals surface area (Å²) in [4.78, 5) is 195. The van der Waals surface area contributed by atoms with E-state index in [9.17, 15) is 123 Å². The van der Waals surface area contributed by atoms with Gasteiger partial charge in [-0.15, -0.1) is 0 Å². The van der Waals surface area contributed by atoms with Gasteiger partial charge in [0.15, 0.2) is 57.1 Å². The molecular weight excluding hydrogens is 1220 g/mol. The van der Waals surface area contributed by atoms with Gasteiger partial charge in [0.05, 0.1) is 79.3 Å². The second-order valence-electron chi connectivity index (χ2n) is 20.4. The van der Waals surface area contributed by atoms with Crippen molar-refractivity contribution in [1.29, 1.82) is 0 Å². The lowest BCUT2D eigenvalue weighted by molar-refractivity contribution is -0.259. The van der Waals surface area contributed by atoms with Crippen LogP contribution in [0.25, 0.3) is 0 Å². The van der Waals surface area contributed by atoms with Crippen molar-refractivity contribution < 1.29 is 185 Å². The van der Waals surface area contributed by atoms with Crippen molar-refractivity contribution in [2.75, 3.05) is 79.3 Å². The van der Waals surface area contributed by atoms with Crippen LogP contribution in [0.2, 0.25) is 0 Å². The molecule has 0 spiro atoms. The quantitative estimate of drug-likeness (QED) is 0.0199. The van der Waals surface area contributed by atoms with Gasteiger partial charge in [-0.3, -0.25) is 57.5 Å². The molecule has 0 aromatic carbocycles. The van der Waals surface area contributed by atoms with E-state index in [4.69, 9.17) is 4.74 Å². The number of unbranched alkanes of at least 4 members (excludes halogenated alkanes) is 4. The summed E-state index contributed by atoms with van der Waals surface area (Å²) in [7, 11) is 0. The van der Waals surface area contributed by atoms with Crippen molar-refractivity contribution in [3.8, 4) is 0 Å². The first-order valence-electron chi connectivity index (χ1n) is 27.2. The molecular formula is C52H82O37. The van der Waals surface area contributed by atoms with E-state index in [1.165, 1.54) is 13.8 Å². The predicted octanol–water partition coefficient (Wildman–Crippen LogP) is -15.3. The zero-order valence-electron chi connectivity index (χ0n) is 48.1. The van der Waals surface area contributed by atoms with Gasteiger partial charge in [0.2, 0.25) is 34.3 Å². The minimum absolute atomic E-state index is 0.318. The summed E-state index contributed by atoms with van der Waals surface area (Å²) in [5.74, 6) is -40.3. The van der Waals surface area contributed by atoms with Gasteiger partial charge < -0.3 is 127 Å². The van der Waals surface area contributed by atoms with Crippen LogP contribution in [0.15, 0.2) is 0 Å². The summed E-state index contributed by atoms with van der Waals surface area (Å²) in [6.45, 7) is -26.9. The van der Waals surface area contributed by atoms with Crippen molar-refractivity contribution in [1.82, 2.24) is 0 Å². The third-order valence-electron chi connectivity index (χ3n) is 15.2. The summed E-state index contributed by atoms with van der Waals surface area (Å²) in [6.07, 6.45) is -56.6. The number of hydrogen-bond acceptors (Lipinski definition) is 37. The summed E-state index contributed by atoms with van der Waals surface area (Å²) in [5.41, 5.74) is -36.3. The van der Waals surface area contributed by atoms with Crippen LogP contribution in [0, 0.1) is 21.7 Å². The Bertz CT molecular complexity index is 2160. The first-order valence-corrected chi connectivity index (χ1v) is 27.2. The van der Waals surface area contributed by atoms with E-state index in [0.717, 1.165) is 0 Å². The Morgan fingerprint density at radius 2 is 0.393 bits per heavy atom. The highest BCUT2D eigenvalue weighted by Gasteiger charge is 2.90. The molecule has 0 radical (unpaired) electrons. The van der Waals surface area contributed by atoms with Crippen LogP contribution in [0.4, 0.5) is 0 Å². The first-order chi connectivity index (χ1) is 41.5. The van der Waals surface area contributed by atoms with E-state index in [1.807, 2.05) is 0 Å². The van der Waals surface area contributed by atoms with Gasteiger partial charge in [-0.2, -0.15) is 0 Å². The Balaban J connectivity index is 13.8. The molecule has 12 unspecified atom stereocenters. The Hall–Kier alpha value is -4.96. The monoisotopic (exact) mass is 1300 g/mol. The summed E-state index contributed by atoms with van der Waals surface area (Å²) in [5, 5.41) is 269. The number of aliphatic hydroxyl groups is 24. The maximum atomic E-state index is 16.5. The molecule has 12 atom stereocenters. The highest BCUT2D eigenvalue weighted by Crippen LogP contribution is 2.64. The minimum atomic E-state index is -6.61. The van der Waals surface area contributed by atoms with Crippen molar-refractivity contribution in [2.45, 2.75) is 150 Å². The second-order valence-corrected chi connectivity index (χ2v) is 20.4. The molecule has 512 valence electrons. The highest BCUT2D eigenvalue weighted by atomic mass is 16.6. The molecule has 0 aliphatic rings. The van der Waals surface area contributed by atoms with Crippen LogP contribution < -0.4 is 0 Å². The van der Waals surface area contributed by atoms with E-state index in [0.29, 0.717) is 0 Å². The van der Waals surface area contributed by atoms with E-state index >= 15 is 57.5 Å². The van der Waals surface area contributed by atoms with Gasteiger partial charge in [0.1, 0.15) is 84.1 Å². The fourth-order valence-corrected chi connectivity index (χ4v) is 11.1. The average molecular weight is 1300 g/mol. The van der Waals surface area contributed by atoms with Crippen molar-refractivity contribution in [3.63, 3.8) is 0 Å². The summed E-state index contributed by atoms with van der Waals surface area (Å²) >= 11 is 0. The second kappa shape index (κ2) is 36.3. The number of hydrogen-bond donors (Lipinski definition) is 24. The molecule has 0 saturated heterocycles. The SMILES string of the molecule is CCCCCC(C(=O)C(O)CO)(C(=O)C(O)CO)C(C(=O)C(O)CO)(C(=O)C(O)CO)C(OC(C(=O)C(O)CO)(C(=O)C(O)CO)C(C(=O)C(O)CO)(C(=O)C(O)CO)C(CCCCC)(C(=O)C(O)CO)C(=O)C(O)CO)(C(=O)C(O)CO)C(=O)C(O)CO. The molecule has 0 heterocycles. The Morgan fingerprint density at radius 1 is 0.247 bits per heavy atom. The highest BCUT2D eigenvalue weighted by molar-refractivity contribution is 6.35. The number of Topliss-reactive ketones (excluding diaryl/α,β-unsaturated/α-hetero) is 12. The molecule has 0 aromatic heterocycles. The Labute approximate surface area is 503 Å². The molecule has 0 rings (SSSR count). The van der Waals surface area contributed by atoms with Crippen molar-refractivity contribution in [3.05, 3.63) is 0 Å². The van der Waals surface area contributed by atoms with Crippen LogP contribution in [0.3, 0.4) is 0 Å². The lowest BCUT2D eigenvalue weighted by atomic mass is 9.41.